The predicted octanol–water partition coefficient (Wildman–Crippen LogP) is 3.53. The number of halogens is 1. The SMILES string of the molecule is CC(C)[N+]1(C)Cc2ccc3ccccc3c2-c2c(ccc3ccccc23)C1.[I-]. The Labute approximate surface area is 184 Å². The Morgan fingerprint density at radius 1 is 0.643 bits per heavy atom. The zero-order valence-corrected chi connectivity index (χ0v) is 18.9. The highest BCUT2D eigenvalue weighted by Crippen LogP contribution is 2.43. The van der Waals surface area contributed by atoms with Crippen molar-refractivity contribution in [3.8, 4) is 11.1 Å². The van der Waals surface area contributed by atoms with Crippen LogP contribution >= 0.6 is 0 Å². The van der Waals surface area contributed by atoms with E-state index in [4.69, 9.17) is 0 Å². The smallest absolute Gasteiger partial charge is 0.105 e. The number of nitrogens with zero attached hydrogens (tertiary/aromatic N) is 1. The molecule has 0 radical (unpaired) electrons. The summed E-state index contributed by atoms with van der Waals surface area (Å²) in [6.45, 7) is 6.85. The van der Waals surface area contributed by atoms with Gasteiger partial charge in [0.2, 0.25) is 0 Å². The normalized spacial score (nSPS) is 15.0. The largest absolute Gasteiger partial charge is 1.00 e. The molecular weight excluding hydrogens is 453 g/mol. The first kappa shape index (κ1) is 19.4. The molecule has 4 aromatic carbocycles. The van der Waals surface area contributed by atoms with E-state index in [1.807, 2.05) is 0 Å². The Hall–Kier alpha value is -1.91. The molecule has 28 heavy (non-hydrogen) atoms. The van der Waals surface area contributed by atoms with Gasteiger partial charge in [-0.2, -0.15) is 0 Å². The second kappa shape index (κ2) is 7.16. The number of fused-ring (bicyclic) bond motifs is 7. The quantitative estimate of drug-likeness (QED) is 0.290. The fraction of sp³-hybridized carbons (Fsp3) is 0.231. The molecule has 0 amide bonds. The molecule has 0 unspecified atom stereocenters. The Morgan fingerprint density at radius 2 is 1.07 bits per heavy atom. The van der Waals surface area contributed by atoms with Gasteiger partial charge in [0, 0.05) is 11.1 Å². The summed E-state index contributed by atoms with van der Waals surface area (Å²) in [5.41, 5.74) is 5.84. The lowest BCUT2D eigenvalue weighted by Crippen LogP contribution is -3.00. The average molecular weight is 479 g/mol. The van der Waals surface area contributed by atoms with Crippen molar-refractivity contribution in [3.05, 3.63) is 83.9 Å². The van der Waals surface area contributed by atoms with Crippen molar-refractivity contribution in [1.29, 1.82) is 0 Å². The number of hydrogen-bond acceptors (Lipinski definition) is 0. The Bertz CT molecular complexity index is 1090. The van der Waals surface area contributed by atoms with E-state index in [1.165, 1.54) is 43.8 Å². The Balaban J connectivity index is 0.00000192. The van der Waals surface area contributed by atoms with Gasteiger partial charge in [-0.15, -0.1) is 0 Å². The van der Waals surface area contributed by atoms with Gasteiger partial charge in [-0.25, -0.2) is 0 Å². The molecule has 2 heteroatoms. The van der Waals surface area contributed by atoms with Crippen molar-refractivity contribution in [2.24, 2.45) is 0 Å². The molecule has 0 bridgehead atoms. The minimum absolute atomic E-state index is 0. The van der Waals surface area contributed by atoms with Crippen molar-refractivity contribution in [1.82, 2.24) is 0 Å². The molecule has 0 saturated heterocycles. The molecule has 1 heterocycles. The zero-order valence-electron chi connectivity index (χ0n) is 16.7. The molecule has 4 aromatic rings. The lowest BCUT2D eigenvalue weighted by Gasteiger charge is -2.38. The lowest BCUT2D eigenvalue weighted by molar-refractivity contribution is -0.954. The van der Waals surface area contributed by atoms with Crippen LogP contribution in [-0.2, 0) is 13.1 Å². The highest BCUT2D eigenvalue weighted by Gasteiger charge is 2.33. The monoisotopic (exact) mass is 479 g/mol. The van der Waals surface area contributed by atoms with Gasteiger partial charge in [0.05, 0.1) is 13.1 Å². The lowest BCUT2D eigenvalue weighted by atomic mass is 9.88. The van der Waals surface area contributed by atoms with Gasteiger partial charge in [-0.1, -0.05) is 72.8 Å². The van der Waals surface area contributed by atoms with Crippen LogP contribution in [0.15, 0.2) is 72.8 Å². The Morgan fingerprint density at radius 3 is 1.50 bits per heavy atom. The van der Waals surface area contributed by atoms with E-state index in [2.05, 4.69) is 93.7 Å². The summed E-state index contributed by atoms with van der Waals surface area (Å²) in [6, 6.07) is 27.6. The van der Waals surface area contributed by atoms with Crippen molar-refractivity contribution < 1.29 is 28.5 Å². The van der Waals surface area contributed by atoms with Crippen LogP contribution in [-0.4, -0.2) is 17.6 Å². The molecule has 0 saturated carbocycles. The summed E-state index contributed by atoms with van der Waals surface area (Å²) in [7, 11) is 2.41. The fourth-order valence-corrected chi connectivity index (χ4v) is 4.69. The van der Waals surface area contributed by atoms with E-state index in [9.17, 15) is 0 Å². The van der Waals surface area contributed by atoms with Crippen LogP contribution in [0.3, 0.4) is 0 Å². The first-order chi connectivity index (χ1) is 13.1. The van der Waals surface area contributed by atoms with Crippen molar-refractivity contribution in [2.45, 2.75) is 33.0 Å². The summed E-state index contributed by atoms with van der Waals surface area (Å²) < 4.78 is 1.04. The van der Waals surface area contributed by atoms with Gasteiger partial charge in [-0.3, -0.25) is 0 Å². The van der Waals surface area contributed by atoms with Crippen molar-refractivity contribution in [2.75, 3.05) is 7.05 Å². The average Bonchev–Trinajstić information content (AvgIpc) is 2.82. The van der Waals surface area contributed by atoms with Crippen LogP contribution < -0.4 is 24.0 Å². The molecule has 1 nitrogen and oxygen atoms in total. The molecule has 1 aliphatic rings. The van der Waals surface area contributed by atoms with E-state index in [0.29, 0.717) is 6.04 Å². The first-order valence-electron chi connectivity index (χ1n) is 9.93. The van der Waals surface area contributed by atoms with Crippen molar-refractivity contribution in [3.63, 3.8) is 0 Å². The molecule has 0 spiro atoms. The first-order valence-corrected chi connectivity index (χ1v) is 9.93. The molecule has 5 rings (SSSR count). The topological polar surface area (TPSA) is 0 Å². The van der Waals surface area contributed by atoms with Crippen molar-refractivity contribution >= 4 is 21.5 Å². The van der Waals surface area contributed by atoms with Gasteiger partial charge < -0.3 is 28.5 Å². The number of benzene rings is 4. The molecular formula is C26H26IN. The molecule has 0 aromatic heterocycles. The number of quaternary nitrogens is 1. The second-order valence-electron chi connectivity index (χ2n) is 8.53. The third kappa shape index (κ3) is 2.94. The van der Waals surface area contributed by atoms with Crippen LogP contribution in [0, 0.1) is 0 Å². The van der Waals surface area contributed by atoms with E-state index in [1.54, 1.807) is 0 Å². The van der Waals surface area contributed by atoms with Crippen LogP contribution in [0.2, 0.25) is 0 Å². The van der Waals surface area contributed by atoms with Crippen LogP contribution in [0.25, 0.3) is 32.7 Å². The highest BCUT2D eigenvalue weighted by molar-refractivity contribution is 6.07. The number of hydrogen-bond donors (Lipinski definition) is 0. The molecule has 1 aliphatic heterocycles. The summed E-state index contributed by atoms with van der Waals surface area (Å²) in [4.78, 5) is 0. The van der Waals surface area contributed by atoms with E-state index < -0.39 is 0 Å². The second-order valence-corrected chi connectivity index (χ2v) is 8.53. The summed E-state index contributed by atoms with van der Waals surface area (Å²) >= 11 is 0. The van der Waals surface area contributed by atoms with E-state index in [0.717, 1.165) is 17.6 Å². The maximum Gasteiger partial charge on any atom is 0.105 e. The third-order valence-electron chi connectivity index (χ3n) is 6.59. The van der Waals surface area contributed by atoms with Gasteiger partial charge in [0.25, 0.3) is 0 Å². The summed E-state index contributed by atoms with van der Waals surface area (Å²) in [6.07, 6.45) is 0. The van der Waals surface area contributed by atoms with Gasteiger partial charge in [0.15, 0.2) is 0 Å². The number of rotatable bonds is 1. The molecule has 142 valence electrons. The molecule has 0 atom stereocenters. The van der Waals surface area contributed by atoms with Crippen LogP contribution in [0.5, 0.6) is 0 Å². The maximum absolute atomic E-state index is 2.41. The summed E-state index contributed by atoms with van der Waals surface area (Å²) in [5.74, 6) is 0. The zero-order chi connectivity index (χ0) is 18.6. The molecule has 0 fully saturated rings. The van der Waals surface area contributed by atoms with Crippen LogP contribution in [0.4, 0.5) is 0 Å². The Kier molecular flexibility index (Phi) is 4.96. The molecule has 0 aliphatic carbocycles. The predicted molar refractivity (Wildman–Crippen MR) is 116 cm³/mol. The third-order valence-corrected chi connectivity index (χ3v) is 6.59. The van der Waals surface area contributed by atoms with Gasteiger partial charge >= 0.3 is 0 Å². The van der Waals surface area contributed by atoms with E-state index >= 15 is 0 Å². The van der Waals surface area contributed by atoms with Crippen LogP contribution in [0.1, 0.15) is 25.0 Å². The summed E-state index contributed by atoms with van der Waals surface area (Å²) in [5, 5.41) is 5.42. The maximum atomic E-state index is 2.41. The highest BCUT2D eigenvalue weighted by atomic mass is 127. The molecule has 0 N–H and O–H groups in total. The van der Waals surface area contributed by atoms with Gasteiger partial charge in [-0.05, 0) is 46.5 Å². The van der Waals surface area contributed by atoms with E-state index in [-0.39, 0.29) is 24.0 Å². The fourth-order valence-electron chi connectivity index (χ4n) is 4.69. The minimum atomic E-state index is 0. The standard InChI is InChI=1S/C26H26N.HI/c1-18(2)27(3)16-21-14-12-19-8-4-6-10-23(19)25(21)26-22(17-27)15-13-20-9-5-7-11-24(20)26;/h4-15,18H,16-17H2,1-3H3;1H/q+1;/p-1. The minimum Gasteiger partial charge on any atom is -1.00 e. The van der Waals surface area contributed by atoms with Gasteiger partial charge in [0.1, 0.15) is 13.1 Å².